The van der Waals surface area contributed by atoms with Gasteiger partial charge in [-0.05, 0) is 17.7 Å². The van der Waals surface area contributed by atoms with Crippen molar-refractivity contribution < 1.29 is 4.39 Å². The Morgan fingerprint density at radius 1 is 0.931 bits per heavy atom. The van der Waals surface area contributed by atoms with Gasteiger partial charge in [-0.25, -0.2) is 14.4 Å². The summed E-state index contributed by atoms with van der Waals surface area (Å²) in [6.07, 6.45) is 1.56. The SMILES string of the molecule is CN(Cc1ccccc1)c1ncnc(N2CCN(c3ccccc3F)CC2)c1N. The number of piperazine rings is 1. The predicted octanol–water partition coefficient (Wildman–Crippen LogP) is 3.16. The highest BCUT2D eigenvalue weighted by Gasteiger charge is 2.23. The Balaban J connectivity index is 1.47. The van der Waals surface area contributed by atoms with Crippen LogP contribution in [0.25, 0.3) is 0 Å². The van der Waals surface area contributed by atoms with E-state index in [0.717, 1.165) is 24.7 Å². The van der Waals surface area contributed by atoms with Crippen LogP contribution in [-0.2, 0) is 6.54 Å². The van der Waals surface area contributed by atoms with Crippen molar-refractivity contribution >= 4 is 23.0 Å². The van der Waals surface area contributed by atoms with E-state index >= 15 is 0 Å². The van der Waals surface area contributed by atoms with Crippen molar-refractivity contribution in [3.8, 4) is 0 Å². The van der Waals surface area contributed by atoms with Crippen molar-refractivity contribution in [2.24, 2.45) is 0 Å². The van der Waals surface area contributed by atoms with Crippen molar-refractivity contribution in [1.82, 2.24) is 9.97 Å². The van der Waals surface area contributed by atoms with Crippen LogP contribution in [0.1, 0.15) is 5.56 Å². The predicted molar refractivity (Wildman–Crippen MR) is 116 cm³/mol. The number of rotatable bonds is 5. The second-order valence-electron chi connectivity index (χ2n) is 7.20. The molecule has 0 unspecified atom stereocenters. The van der Waals surface area contributed by atoms with Gasteiger partial charge in [-0.15, -0.1) is 0 Å². The quantitative estimate of drug-likeness (QED) is 0.720. The molecular weight excluding hydrogens is 367 g/mol. The van der Waals surface area contributed by atoms with Gasteiger partial charge in [-0.1, -0.05) is 42.5 Å². The number of anilines is 4. The molecule has 2 N–H and O–H groups in total. The average molecular weight is 392 g/mol. The first-order valence-electron chi connectivity index (χ1n) is 9.73. The summed E-state index contributed by atoms with van der Waals surface area (Å²) in [5, 5.41) is 0. The van der Waals surface area contributed by atoms with Gasteiger partial charge < -0.3 is 20.4 Å². The van der Waals surface area contributed by atoms with Crippen molar-refractivity contribution in [2.45, 2.75) is 6.54 Å². The molecule has 29 heavy (non-hydrogen) atoms. The molecule has 1 aliphatic heterocycles. The van der Waals surface area contributed by atoms with Crippen LogP contribution in [0.15, 0.2) is 60.9 Å². The summed E-state index contributed by atoms with van der Waals surface area (Å²) in [4.78, 5) is 15.1. The van der Waals surface area contributed by atoms with Gasteiger partial charge in [0, 0.05) is 39.8 Å². The minimum Gasteiger partial charge on any atom is -0.393 e. The molecular formula is C22H25FN6. The van der Waals surface area contributed by atoms with Gasteiger partial charge in [0.25, 0.3) is 0 Å². The minimum atomic E-state index is -0.188. The Morgan fingerprint density at radius 3 is 2.31 bits per heavy atom. The van der Waals surface area contributed by atoms with Crippen molar-refractivity contribution in [2.75, 3.05) is 53.7 Å². The molecule has 150 valence electrons. The summed E-state index contributed by atoms with van der Waals surface area (Å²) in [5.41, 5.74) is 8.86. The maximum absolute atomic E-state index is 14.1. The fraction of sp³-hybridized carbons (Fsp3) is 0.273. The Morgan fingerprint density at radius 2 is 1.59 bits per heavy atom. The zero-order valence-electron chi connectivity index (χ0n) is 16.5. The molecule has 4 rings (SSSR count). The van der Waals surface area contributed by atoms with Crippen molar-refractivity contribution in [3.05, 3.63) is 72.3 Å². The van der Waals surface area contributed by atoms with Gasteiger partial charge in [0.15, 0.2) is 11.6 Å². The Kier molecular flexibility index (Phi) is 5.46. The summed E-state index contributed by atoms with van der Waals surface area (Å²) in [6, 6.07) is 17.1. The maximum Gasteiger partial charge on any atom is 0.157 e. The van der Waals surface area contributed by atoms with E-state index in [2.05, 4.69) is 31.9 Å². The van der Waals surface area contributed by atoms with E-state index < -0.39 is 0 Å². The van der Waals surface area contributed by atoms with E-state index in [-0.39, 0.29) is 5.82 Å². The minimum absolute atomic E-state index is 0.188. The first-order chi connectivity index (χ1) is 14.1. The van der Waals surface area contributed by atoms with Gasteiger partial charge in [-0.2, -0.15) is 0 Å². The number of aromatic nitrogens is 2. The number of benzene rings is 2. The number of nitrogens with two attached hydrogens (primary N) is 1. The summed E-state index contributed by atoms with van der Waals surface area (Å²) in [6.45, 7) is 3.57. The van der Waals surface area contributed by atoms with Crippen molar-refractivity contribution in [3.63, 3.8) is 0 Å². The van der Waals surface area contributed by atoms with E-state index in [9.17, 15) is 4.39 Å². The number of nitrogen functional groups attached to an aromatic ring is 1. The molecule has 0 saturated carbocycles. The van der Waals surface area contributed by atoms with Crippen LogP contribution in [0.5, 0.6) is 0 Å². The molecule has 0 aliphatic carbocycles. The molecule has 6 nitrogen and oxygen atoms in total. The molecule has 2 aromatic carbocycles. The van der Waals surface area contributed by atoms with E-state index in [0.29, 0.717) is 31.0 Å². The number of para-hydroxylation sites is 1. The highest BCUT2D eigenvalue weighted by molar-refractivity contribution is 5.76. The average Bonchev–Trinajstić information content (AvgIpc) is 2.75. The zero-order chi connectivity index (χ0) is 20.2. The lowest BCUT2D eigenvalue weighted by Gasteiger charge is -2.37. The normalized spacial score (nSPS) is 14.1. The molecule has 0 radical (unpaired) electrons. The number of nitrogens with zero attached hydrogens (tertiary/aromatic N) is 5. The highest BCUT2D eigenvalue weighted by Crippen LogP contribution is 2.30. The second-order valence-corrected chi connectivity index (χ2v) is 7.20. The summed E-state index contributed by atoms with van der Waals surface area (Å²) in [7, 11) is 1.98. The lowest BCUT2D eigenvalue weighted by molar-refractivity contribution is 0.596. The number of hydrogen-bond acceptors (Lipinski definition) is 6. The smallest absolute Gasteiger partial charge is 0.157 e. The first kappa shape index (κ1) is 19.0. The van der Waals surface area contributed by atoms with Gasteiger partial charge in [0.1, 0.15) is 17.8 Å². The van der Waals surface area contributed by atoms with Gasteiger partial charge >= 0.3 is 0 Å². The van der Waals surface area contributed by atoms with Crippen LogP contribution in [0.2, 0.25) is 0 Å². The molecule has 0 spiro atoms. The molecule has 1 aromatic heterocycles. The van der Waals surface area contributed by atoms with E-state index in [1.54, 1.807) is 12.4 Å². The van der Waals surface area contributed by atoms with E-state index in [1.165, 1.54) is 11.6 Å². The third-order valence-corrected chi connectivity index (χ3v) is 5.24. The standard InChI is InChI=1S/C22H25FN6/c1-27(15-17-7-3-2-4-8-17)21-20(24)22(26-16-25-21)29-13-11-28(12-14-29)19-10-6-5-9-18(19)23/h2-10,16H,11-15,24H2,1H3. The molecule has 7 heteroatoms. The molecule has 1 saturated heterocycles. The number of halogens is 1. The number of hydrogen-bond donors (Lipinski definition) is 1. The van der Waals surface area contributed by atoms with Crippen LogP contribution < -0.4 is 20.4 Å². The van der Waals surface area contributed by atoms with Crippen LogP contribution in [0, 0.1) is 5.82 Å². The molecule has 3 aromatic rings. The molecule has 0 atom stereocenters. The monoisotopic (exact) mass is 392 g/mol. The first-order valence-corrected chi connectivity index (χ1v) is 9.73. The fourth-order valence-corrected chi connectivity index (χ4v) is 3.73. The van der Waals surface area contributed by atoms with Crippen LogP contribution in [-0.4, -0.2) is 43.2 Å². The van der Waals surface area contributed by atoms with E-state index in [1.807, 2.05) is 42.3 Å². The molecule has 2 heterocycles. The molecule has 0 bridgehead atoms. The highest BCUT2D eigenvalue weighted by atomic mass is 19.1. The largest absolute Gasteiger partial charge is 0.393 e. The third kappa shape index (κ3) is 4.08. The van der Waals surface area contributed by atoms with Crippen LogP contribution >= 0.6 is 0 Å². The van der Waals surface area contributed by atoms with Crippen LogP contribution in [0.4, 0.5) is 27.4 Å². The summed E-state index contributed by atoms with van der Waals surface area (Å²) < 4.78 is 14.1. The lowest BCUT2D eigenvalue weighted by Crippen LogP contribution is -2.47. The van der Waals surface area contributed by atoms with E-state index in [4.69, 9.17) is 5.73 Å². The second kappa shape index (κ2) is 8.34. The Hall–Kier alpha value is -3.35. The maximum atomic E-state index is 14.1. The topological polar surface area (TPSA) is 61.5 Å². The Bertz CT molecular complexity index is 957. The third-order valence-electron chi connectivity index (χ3n) is 5.24. The summed E-state index contributed by atoms with van der Waals surface area (Å²) in [5.74, 6) is 1.27. The molecule has 0 amide bonds. The lowest BCUT2D eigenvalue weighted by atomic mass is 10.2. The molecule has 1 aliphatic rings. The fourth-order valence-electron chi connectivity index (χ4n) is 3.73. The van der Waals surface area contributed by atoms with Crippen molar-refractivity contribution in [1.29, 1.82) is 0 Å². The van der Waals surface area contributed by atoms with Gasteiger partial charge in [-0.3, -0.25) is 0 Å². The van der Waals surface area contributed by atoms with Gasteiger partial charge in [0.2, 0.25) is 0 Å². The summed E-state index contributed by atoms with van der Waals surface area (Å²) >= 11 is 0. The van der Waals surface area contributed by atoms with Crippen LogP contribution in [0.3, 0.4) is 0 Å². The molecule has 1 fully saturated rings. The zero-order valence-corrected chi connectivity index (χ0v) is 16.5. The Labute approximate surface area is 170 Å². The van der Waals surface area contributed by atoms with Gasteiger partial charge in [0.05, 0.1) is 5.69 Å².